The number of rotatable bonds is 1. The number of pyridine rings is 1. The minimum Gasteiger partial charge on any atom is -0.397 e. The Labute approximate surface area is 103 Å². The molecule has 0 bridgehead atoms. The third-order valence-corrected chi connectivity index (χ3v) is 3.47. The number of aliphatic hydroxyl groups excluding tert-OH is 3. The second kappa shape index (κ2) is 3.91. The first-order valence-electron chi connectivity index (χ1n) is 5.71. The Hall–Kier alpha value is -1.70. The number of anilines is 1. The van der Waals surface area contributed by atoms with Crippen LogP contribution >= 0.6 is 0 Å². The van der Waals surface area contributed by atoms with Gasteiger partial charge < -0.3 is 25.6 Å². The van der Waals surface area contributed by atoms with Crippen molar-refractivity contribution in [3.63, 3.8) is 0 Å². The molecule has 0 aromatic carbocycles. The van der Waals surface area contributed by atoms with Crippen molar-refractivity contribution < 1.29 is 15.3 Å². The average Bonchev–Trinajstić information content (AvgIpc) is 2.88. The molecule has 7 heteroatoms. The van der Waals surface area contributed by atoms with Crippen molar-refractivity contribution in [1.82, 2.24) is 14.5 Å². The van der Waals surface area contributed by atoms with Crippen LogP contribution in [0.15, 0.2) is 18.6 Å². The monoisotopic (exact) mass is 250 g/mol. The predicted molar refractivity (Wildman–Crippen MR) is 63.6 cm³/mol. The molecule has 2 aromatic rings. The van der Waals surface area contributed by atoms with Crippen LogP contribution in [-0.2, 0) is 0 Å². The van der Waals surface area contributed by atoms with Crippen LogP contribution in [0.3, 0.4) is 0 Å². The zero-order valence-corrected chi connectivity index (χ0v) is 9.51. The summed E-state index contributed by atoms with van der Waals surface area (Å²) < 4.78 is 1.65. The highest BCUT2D eigenvalue weighted by Gasteiger charge is 2.42. The molecule has 1 aliphatic rings. The van der Waals surface area contributed by atoms with Crippen molar-refractivity contribution in [3.8, 4) is 0 Å². The molecule has 2 aromatic heterocycles. The van der Waals surface area contributed by atoms with Crippen LogP contribution < -0.4 is 5.73 Å². The molecule has 2 heterocycles. The first-order valence-corrected chi connectivity index (χ1v) is 5.71. The van der Waals surface area contributed by atoms with Gasteiger partial charge in [-0.05, 0) is 12.5 Å². The van der Waals surface area contributed by atoms with Crippen LogP contribution in [0.5, 0.6) is 0 Å². The summed E-state index contributed by atoms with van der Waals surface area (Å²) in [5.41, 5.74) is 7.39. The number of aromatic nitrogens is 3. The van der Waals surface area contributed by atoms with E-state index in [4.69, 9.17) is 5.73 Å². The quantitative estimate of drug-likeness (QED) is 0.518. The number of fused-ring (bicyclic) bond motifs is 1. The summed E-state index contributed by atoms with van der Waals surface area (Å²) in [6.07, 6.45) is 0.207. The number of hydrogen-bond donors (Lipinski definition) is 4. The molecule has 0 unspecified atom stereocenters. The fourth-order valence-electron chi connectivity index (χ4n) is 2.46. The van der Waals surface area contributed by atoms with Gasteiger partial charge in [0, 0.05) is 6.20 Å². The van der Waals surface area contributed by atoms with E-state index in [1.165, 1.54) is 6.33 Å². The lowest BCUT2D eigenvalue weighted by molar-refractivity contribution is -0.0244. The number of nitrogens with zero attached hydrogens (tertiary/aromatic N) is 3. The van der Waals surface area contributed by atoms with Gasteiger partial charge in [0.15, 0.2) is 5.65 Å². The molecule has 96 valence electrons. The standard InChI is InChI=1S/C11H14N4O3/c12-5-1-2-13-11-8(5)14-4-15(11)6-3-7(16)10(18)9(6)17/h1-2,4,6-7,9-10,16-18H,3H2,(H2,12,13)/t6-,7+,9+,10-/m1/s1. The summed E-state index contributed by atoms with van der Waals surface area (Å²) in [4.78, 5) is 8.33. The van der Waals surface area contributed by atoms with E-state index in [1.807, 2.05) is 0 Å². The third-order valence-electron chi connectivity index (χ3n) is 3.47. The summed E-state index contributed by atoms with van der Waals surface area (Å²) in [5.74, 6) is 0. The topological polar surface area (TPSA) is 117 Å². The lowest BCUT2D eigenvalue weighted by atomic mass is 10.2. The number of hydrogen-bond acceptors (Lipinski definition) is 6. The Morgan fingerprint density at radius 3 is 2.67 bits per heavy atom. The van der Waals surface area contributed by atoms with E-state index in [-0.39, 0.29) is 6.42 Å². The zero-order valence-electron chi connectivity index (χ0n) is 9.51. The summed E-state index contributed by atoms with van der Waals surface area (Å²) in [6.45, 7) is 0. The molecular weight excluding hydrogens is 236 g/mol. The van der Waals surface area contributed by atoms with Gasteiger partial charge in [-0.25, -0.2) is 9.97 Å². The molecule has 1 aliphatic carbocycles. The Morgan fingerprint density at radius 1 is 1.22 bits per heavy atom. The molecule has 7 nitrogen and oxygen atoms in total. The lowest BCUT2D eigenvalue weighted by Crippen LogP contribution is -2.31. The zero-order chi connectivity index (χ0) is 12.9. The highest BCUT2D eigenvalue weighted by Crippen LogP contribution is 2.33. The van der Waals surface area contributed by atoms with Gasteiger partial charge in [-0.3, -0.25) is 0 Å². The van der Waals surface area contributed by atoms with Gasteiger partial charge in [0.25, 0.3) is 0 Å². The minimum absolute atomic E-state index is 0.254. The van der Waals surface area contributed by atoms with Crippen LogP contribution in [0.4, 0.5) is 5.69 Å². The summed E-state index contributed by atoms with van der Waals surface area (Å²) >= 11 is 0. The minimum atomic E-state index is -1.14. The maximum absolute atomic E-state index is 9.91. The van der Waals surface area contributed by atoms with Crippen molar-refractivity contribution in [2.24, 2.45) is 0 Å². The lowest BCUT2D eigenvalue weighted by Gasteiger charge is -2.17. The molecule has 3 rings (SSSR count). The molecule has 1 fully saturated rings. The summed E-state index contributed by atoms with van der Waals surface area (Å²) in [7, 11) is 0. The largest absolute Gasteiger partial charge is 0.397 e. The first-order chi connectivity index (χ1) is 8.59. The molecule has 5 N–H and O–H groups in total. The SMILES string of the molecule is Nc1ccnc2c1ncn2[C@@H]1C[C@H](O)[C@@H](O)[C@H]1O. The van der Waals surface area contributed by atoms with Crippen molar-refractivity contribution in [2.75, 3.05) is 5.73 Å². The Kier molecular flexibility index (Phi) is 2.47. The highest BCUT2D eigenvalue weighted by molar-refractivity contribution is 5.83. The van der Waals surface area contributed by atoms with Gasteiger partial charge in [0.2, 0.25) is 0 Å². The van der Waals surface area contributed by atoms with Crippen LogP contribution in [0.2, 0.25) is 0 Å². The second-order valence-corrected chi connectivity index (χ2v) is 4.58. The van der Waals surface area contributed by atoms with Gasteiger partial charge in [-0.15, -0.1) is 0 Å². The van der Waals surface area contributed by atoms with Gasteiger partial charge in [-0.2, -0.15) is 0 Å². The van der Waals surface area contributed by atoms with Crippen molar-refractivity contribution in [2.45, 2.75) is 30.8 Å². The molecule has 0 amide bonds. The molecule has 1 saturated carbocycles. The smallest absolute Gasteiger partial charge is 0.162 e. The molecule has 4 atom stereocenters. The van der Waals surface area contributed by atoms with Gasteiger partial charge in [0.05, 0.1) is 24.2 Å². The van der Waals surface area contributed by atoms with Crippen molar-refractivity contribution in [1.29, 1.82) is 0 Å². The molecule has 0 spiro atoms. The fourth-order valence-corrected chi connectivity index (χ4v) is 2.46. The van der Waals surface area contributed by atoms with Crippen molar-refractivity contribution >= 4 is 16.9 Å². The number of nitrogens with two attached hydrogens (primary N) is 1. The molecule has 0 aliphatic heterocycles. The van der Waals surface area contributed by atoms with Gasteiger partial charge in [-0.1, -0.05) is 0 Å². The van der Waals surface area contributed by atoms with E-state index in [2.05, 4.69) is 9.97 Å². The van der Waals surface area contributed by atoms with Crippen LogP contribution in [-0.4, -0.2) is 48.2 Å². The fraction of sp³-hybridized carbons (Fsp3) is 0.455. The maximum Gasteiger partial charge on any atom is 0.162 e. The molecule has 18 heavy (non-hydrogen) atoms. The average molecular weight is 250 g/mol. The van der Waals surface area contributed by atoms with E-state index < -0.39 is 24.4 Å². The van der Waals surface area contributed by atoms with Crippen LogP contribution in [0.25, 0.3) is 11.2 Å². The molecule has 0 saturated heterocycles. The Balaban J connectivity index is 2.08. The predicted octanol–water partition coefficient (Wildman–Crippen LogP) is -0.959. The maximum atomic E-state index is 9.91. The van der Waals surface area contributed by atoms with E-state index in [0.29, 0.717) is 16.9 Å². The first kappa shape index (κ1) is 11.4. The third kappa shape index (κ3) is 1.48. The second-order valence-electron chi connectivity index (χ2n) is 4.58. The van der Waals surface area contributed by atoms with E-state index in [9.17, 15) is 15.3 Å². The van der Waals surface area contributed by atoms with E-state index in [1.54, 1.807) is 16.8 Å². The van der Waals surface area contributed by atoms with E-state index in [0.717, 1.165) is 0 Å². The molecule has 0 radical (unpaired) electrons. The summed E-state index contributed by atoms with van der Waals surface area (Å²) in [6, 6.07) is 1.20. The van der Waals surface area contributed by atoms with Crippen molar-refractivity contribution in [3.05, 3.63) is 18.6 Å². The number of nitrogen functional groups attached to an aromatic ring is 1. The number of imidazole rings is 1. The Morgan fingerprint density at radius 2 is 2.00 bits per heavy atom. The molecular formula is C11H14N4O3. The normalized spacial score (nSPS) is 32.2. The van der Waals surface area contributed by atoms with Gasteiger partial charge >= 0.3 is 0 Å². The van der Waals surface area contributed by atoms with Crippen LogP contribution in [0.1, 0.15) is 12.5 Å². The number of aliphatic hydroxyl groups is 3. The summed E-state index contributed by atoms with van der Waals surface area (Å²) in [5, 5.41) is 29.1. The van der Waals surface area contributed by atoms with E-state index >= 15 is 0 Å². The van der Waals surface area contributed by atoms with Crippen LogP contribution in [0, 0.1) is 0 Å². The highest BCUT2D eigenvalue weighted by atomic mass is 16.4. The van der Waals surface area contributed by atoms with Gasteiger partial charge in [0.1, 0.15) is 17.7 Å². The Bertz CT molecular complexity index is 585.